The van der Waals surface area contributed by atoms with E-state index in [0.717, 1.165) is 29.7 Å². The Labute approximate surface area is 107 Å². The summed E-state index contributed by atoms with van der Waals surface area (Å²) in [7, 11) is 0. The summed E-state index contributed by atoms with van der Waals surface area (Å²) in [5, 5.41) is 3.60. The molecule has 1 amide bonds. The molecule has 1 aromatic carbocycles. The fourth-order valence-corrected chi connectivity index (χ4v) is 3.37. The number of hydrogen-bond donors (Lipinski definition) is 1. The summed E-state index contributed by atoms with van der Waals surface area (Å²) in [6.07, 6.45) is 3.44. The lowest BCUT2D eigenvalue weighted by atomic mass is 9.50. The average molecular weight is 301 g/mol. The standard InChI is InChI=1S/C12H11BrClNO/c13-8-1-2-9(10(14)3-8)11(16)15-12-4-7(5-12)6-12/h1-3,7H,4-6H2,(H,15,16). The average Bonchev–Trinajstić information content (AvgIpc) is 2.09. The highest BCUT2D eigenvalue weighted by molar-refractivity contribution is 9.10. The topological polar surface area (TPSA) is 29.1 Å². The van der Waals surface area contributed by atoms with Crippen LogP contribution >= 0.6 is 27.5 Å². The van der Waals surface area contributed by atoms with E-state index in [-0.39, 0.29) is 11.4 Å². The van der Waals surface area contributed by atoms with E-state index in [1.807, 2.05) is 6.07 Å². The van der Waals surface area contributed by atoms with Gasteiger partial charge in [0.2, 0.25) is 0 Å². The molecule has 1 aromatic rings. The molecule has 2 nitrogen and oxygen atoms in total. The van der Waals surface area contributed by atoms with E-state index in [4.69, 9.17) is 11.6 Å². The van der Waals surface area contributed by atoms with Crippen molar-refractivity contribution >= 4 is 33.4 Å². The summed E-state index contributed by atoms with van der Waals surface area (Å²) in [5.74, 6) is 0.816. The van der Waals surface area contributed by atoms with Crippen molar-refractivity contribution in [1.82, 2.24) is 5.32 Å². The molecule has 0 heterocycles. The van der Waals surface area contributed by atoms with Crippen LogP contribution in [0.5, 0.6) is 0 Å². The van der Waals surface area contributed by atoms with Crippen LogP contribution in [0.4, 0.5) is 0 Å². The maximum Gasteiger partial charge on any atom is 0.253 e. The number of benzene rings is 1. The molecule has 4 heteroatoms. The third kappa shape index (κ3) is 1.57. The minimum atomic E-state index is -0.0457. The third-order valence-electron chi connectivity index (χ3n) is 3.59. The van der Waals surface area contributed by atoms with Crippen LogP contribution in [0.2, 0.25) is 5.02 Å². The van der Waals surface area contributed by atoms with Gasteiger partial charge in [-0.3, -0.25) is 4.79 Å². The molecule has 3 aliphatic carbocycles. The predicted molar refractivity (Wildman–Crippen MR) is 66.7 cm³/mol. The molecule has 2 bridgehead atoms. The van der Waals surface area contributed by atoms with Crippen LogP contribution < -0.4 is 5.32 Å². The van der Waals surface area contributed by atoms with E-state index in [2.05, 4.69) is 21.2 Å². The first-order chi connectivity index (χ1) is 7.58. The Bertz CT molecular complexity index is 457. The number of rotatable bonds is 2. The van der Waals surface area contributed by atoms with Crippen LogP contribution in [0.25, 0.3) is 0 Å². The summed E-state index contributed by atoms with van der Waals surface area (Å²) in [6.45, 7) is 0. The molecule has 4 rings (SSSR count). The maximum absolute atomic E-state index is 12.0. The zero-order valence-corrected chi connectivity index (χ0v) is 10.9. The molecular weight excluding hydrogens is 289 g/mol. The quantitative estimate of drug-likeness (QED) is 0.891. The lowest BCUT2D eigenvalue weighted by Crippen LogP contribution is -2.68. The van der Waals surface area contributed by atoms with Gasteiger partial charge in [0.05, 0.1) is 10.6 Å². The van der Waals surface area contributed by atoms with Crippen molar-refractivity contribution in [2.75, 3.05) is 0 Å². The molecule has 84 valence electrons. The zero-order valence-electron chi connectivity index (χ0n) is 8.59. The van der Waals surface area contributed by atoms with Crippen molar-refractivity contribution in [1.29, 1.82) is 0 Å². The van der Waals surface area contributed by atoms with E-state index in [1.54, 1.807) is 12.1 Å². The molecule has 0 radical (unpaired) electrons. The monoisotopic (exact) mass is 299 g/mol. The summed E-state index contributed by atoms with van der Waals surface area (Å²) in [4.78, 5) is 12.0. The van der Waals surface area contributed by atoms with E-state index in [9.17, 15) is 4.79 Å². The third-order valence-corrected chi connectivity index (χ3v) is 4.40. The second-order valence-corrected chi connectivity index (χ2v) is 6.16. The highest BCUT2D eigenvalue weighted by Crippen LogP contribution is 2.57. The Hall–Kier alpha value is -0.540. The summed E-state index contributed by atoms with van der Waals surface area (Å²) < 4.78 is 0.888. The second kappa shape index (κ2) is 3.47. The molecule has 16 heavy (non-hydrogen) atoms. The number of hydrogen-bond acceptors (Lipinski definition) is 1. The van der Waals surface area contributed by atoms with Gasteiger partial charge in [-0.15, -0.1) is 0 Å². The highest BCUT2D eigenvalue weighted by atomic mass is 79.9. The molecule has 3 aliphatic rings. The normalized spacial score (nSPS) is 30.2. The SMILES string of the molecule is O=C(NC12CC(C1)C2)c1ccc(Br)cc1Cl. The molecule has 3 saturated carbocycles. The van der Waals surface area contributed by atoms with Crippen LogP contribution in [-0.2, 0) is 0 Å². The van der Waals surface area contributed by atoms with Crippen molar-refractivity contribution in [2.45, 2.75) is 24.8 Å². The number of nitrogens with one attached hydrogen (secondary N) is 1. The van der Waals surface area contributed by atoms with Crippen LogP contribution in [0.3, 0.4) is 0 Å². The van der Waals surface area contributed by atoms with Gasteiger partial charge in [-0.25, -0.2) is 0 Å². The number of carbonyl (C=O) groups is 1. The van der Waals surface area contributed by atoms with Gasteiger partial charge in [0, 0.05) is 10.0 Å². The number of carbonyl (C=O) groups excluding carboxylic acids is 1. The van der Waals surface area contributed by atoms with Gasteiger partial charge in [-0.1, -0.05) is 27.5 Å². The summed E-state index contributed by atoms with van der Waals surface area (Å²) in [6, 6.07) is 5.34. The van der Waals surface area contributed by atoms with E-state index in [1.165, 1.54) is 0 Å². The molecule has 3 fully saturated rings. The van der Waals surface area contributed by atoms with Gasteiger partial charge < -0.3 is 5.32 Å². The van der Waals surface area contributed by atoms with E-state index >= 15 is 0 Å². The Kier molecular flexibility index (Phi) is 2.30. The Morgan fingerprint density at radius 2 is 2.12 bits per heavy atom. The fraction of sp³-hybridized carbons (Fsp3) is 0.417. The van der Waals surface area contributed by atoms with Gasteiger partial charge in [0.15, 0.2) is 0 Å². The Morgan fingerprint density at radius 3 is 2.62 bits per heavy atom. The second-order valence-electron chi connectivity index (χ2n) is 4.84. The van der Waals surface area contributed by atoms with Crippen LogP contribution in [-0.4, -0.2) is 11.4 Å². The van der Waals surface area contributed by atoms with Gasteiger partial charge in [0.1, 0.15) is 0 Å². The van der Waals surface area contributed by atoms with Gasteiger partial charge >= 0.3 is 0 Å². The predicted octanol–water partition coefficient (Wildman–Crippen LogP) is 3.38. The van der Waals surface area contributed by atoms with Crippen LogP contribution in [0, 0.1) is 5.92 Å². The minimum absolute atomic E-state index is 0.0457. The summed E-state index contributed by atoms with van der Waals surface area (Å²) >= 11 is 9.36. The Balaban J connectivity index is 1.78. The van der Waals surface area contributed by atoms with Crippen molar-refractivity contribution < 1.29 is 4.79 Å². The first kappa shape index (κ1) is 10.6. The van der Waals surface area contributed by atoms with Crippen molar-refractivity contribution in [3.63, 3.8) is 0 Å². The maximum atomic E-state index is 12.0. The summed E-state index contributed by atoms with van der Waals surface area (Å²) in [5.41, 5.74) is 0.674. The van der Waals surface area contributed by atoms with E-state index in [0.29, 0.717) is 10.6 Å². The molecule has 0 aromatic heterocycles. The number of halogens is 2. The smallest absolute Gasteiger partial charge is 0.253 e. The first-order valence-corrected chi connectivity index (χ1v) is 6.53. The lowest BCUT2D eigenvalue weighted by molar-refractivity contribution is -0.0438. The largest absolute Gasteiger partial charge is 0.347 e. The van der Waals surface area contributed by atoms with Crippen LogP contribution in [0.15, 0.2) is 22.7 Å². The molecule has 0 aliphatic heterocycles. The van der Waals surface area contributed by atoms with Crippen molar-refractivity contribution in [3.05, 3.63) is 33.3 Å². The first-order valence-electron chi connectivity index (χ1n) is 5.36. The molecule has 0 spiro atoms. The lowest BCUT2D eigenvalue weighted by Gasteiger charge is -2.61. The number of amides is 1. The van der Waals surface area contributed by atoms with E-state index < -0.39 is 0 Å². The van der Waals surface area contributed by atoms with Gasteiger partial charge in [0.25, 0.3) is 5.91 Å². The fourth-order valence-electron chi connectivity index (χ4n) is 2.61. The highest BCUT2D eigenvalue weighted by Gasteiger charge is 2.57. The molecular formula is C12H11BrClNO. The molecule has 0 saturated heterocycles. The van der Waals surface area contributed by atoms with Crippen LogP contribution in [0.1, 0.15) is 29.6 Å². The van der Waals surface area contributed by atoms with Gasteiger partial charge in [-0.05, 0) is 43.4 Å². The van der Waals surface area contributed by atoms with Gasteiger partial charge in [-0.2, -0.15) is 0 Å². The van der Waals surface area contributed by atoms with Crippen molar-refractivity contribution in [2.24, 2.45) is 5.92 Å². The molecule has 0 atom stereocenters. The minimum Gasteiger partial charge on any atom is -0.347 e. The zero-order chi connectivity index (χ0) is 11.3. The van der Waals surface area contributed by atoms with Crippen molar-refractivity contribution in [3.8, 4) is 0 Å². The molecule has 0 unspecified atom stereocenters. The molecule has 1 N–H and O–H groups in total. The Morgan fingerprint density at radius 1 is 1.44 bits per heavy atom.